The molecule has 1 rings (SSSR count). The van der Waals surface area contributed by atoms with Crippen molar-refractivity contribution < 1.29 is 4.79 Å². The standard InChI is InChI=1S/C13H20N2O/c1-5-7-11-9-6-8-10(2)12(11)13(16)14-15(3)4/h6,8-9H,5,7H2,1-4H3,(H,14,16). The fourth-order valence-electron chi connectivity index (χ4n) is 1.79. The Morgan fingerprint density at radius 1 is 1.38 bits per heavy atom. The van der Waals surface area contributed by atoms with Crippen LogP contribution < -0.4 is 5.43 Å². The average molecular weight is 220 g/mol. The van der Waals surface area contributed by atoms with Gasteiger partial charge in [0.1, 0.15) is 0 Å². The number of carbonyl (C=O) groups excluding carboxylic acids is 1. The molecule has 0 radical (unpaired) electrons. The highest BCUT2D eigenvalue weighted by atomic mass is 16.2. The number of aryl methyl sites for hydroxylation is 2. The van der Waals surface area contributed by atoms with E-state index in [2.05, 4.69) is 12.3 Å². The van der Waals surface area contributed by atoms with Crippen LogP contribution in [0.15, 0.2) is 18.2 Å². The van der Waals surface area contributed by atoms with Crippen LogP contribution in [-0.2, 0) is 6.42 Å². The minimum Gasteiger partial charge on any atom is -0.285 e. The summed E-state index contributed by atoms with van der Waals surface area (Å²) in [6.45, 7) is 4.10. The molecule has 0 aromatic heterocycles. The van der Waals surface area contributed by atoms with Crippen molar-refractivity contribution in [2.45, 2.75) is 26.7 Å². The molecule has 0 aliphatic carbocycles. The van der Waals surface area contributed by atoms with Crippen molar-refractivity contribution in [3.05, 3.63) is 34.9 Å². The molecule has 0 heterocycles. The highest BCUT2D eigenvalue weighted by molar-refractivity contribution is 5.96. The largest absolute Gasteiger partial charge is 0.285 e. The smallest absolute Gasteiger partial charge is 0.266 e. The maximum absolute atomic E-state index is 12.0. The Morgan fingerprint density at radius 2 is 2.06 bits per heavy atom. The summed E-state index contributed by atoms with van der Waals surface area (Å²) >= 11 is 0. The molecule has 0 atom stereocenters. The van der Waals surface area contributed by atoms with Crippen LogP contribution in [0.25, 0.3) is 0 Å². The number of benzene rings is 1. The Balaban J connectivity index is 3.04. The maximum atomic E-state index is 12.0. The number of hydrazine groups is 1. The third kappa shape index (κ3) is 3.07. The molecular weight excluding hydrogens is 200 g/mol. The van der Waals surface area contributed by atoms with Crippen molar-refractivity contribution in [2.75, 3.05) is 14.1 Å². The summed E-state index contributed by atoms with van der Waals surface area (Å²) in [4.78, 5) is 12.0. The molecule has 1 aromatic carbocycles. The summed E-state index contributed by atoms with van der Waals surface area (Å²) in [5.41, 5.74) is 5.77. The molecular formula is C13H20N2O. The van der Waals surface area contributed by atoms with E-state index in [4.69, 9.17) is 0 Å². The zero-order chi connectivity index (χ0) is 12.1. The molecule has 1 amide bonds. The van der Waals surface area contributed by atoms with Crippen LogP contribution in [0.3, 0.4) is 0 Å². The molecule has 3 nitrogen and oxygen atoms in total. The average Bonchev–Trinajstić information content (AvgIpc) is 2.16. The van der Waals surface area contributed by atoms with Crippen molar-refractivity contribution in [3.63, 3.8) is 0 Å². The van der Waals surface area contributed by atoms with Gasteiger partial charge in [0.05, 0.1) is 0 Å². The van der Waals surface area contributed by atoms with Crippen LogP contribution in [0.2, 0.25) is 0 Å². The number of amides is 1. The van der Waals surface area contributed by atoms with Crippen LogP contribution in [0.1, 0.15) is 34.8 Å². The lowest BCUT2D eigenvalue weighted by Gasteiger charge is -2.16. The van der Waals surface area contributed by atoms with E-state index in [0.29, 0.717) is 0 Å². The first-order valence-electron chi connectivity index (χ1n) is 5.63. The Morgan fingerprint density at radius 3 is 2.62 bits per heavy atom. The van der Waals surface area contributed by atoms with E-state index in [9.17, 15) is 4.79 Å². The fraction of sp³-hybridized carbons (Fsp3) is 0.462. The van der Waals surface area contributed by atoms with E-state index < -0.39 is 0 Å². The molecule has 16 heavy (non-hydrogen) atoms. The van der Waals surface area contributed by atoms with Gasteiger partial charge in [0.2, 0.25) is 0 Å². The molecule has 1 aromatic rings. The van der Waals surface area contributed by atoms with Gasteiger partial charge in [0.25, 0.3) is 5.91 Å². The van der Waals surface area contributed by atoms with Gasteiger partial charge in [0.15, 0.2) is 0 Å². The SMILES string of the molecule is CCCc1cccc(C)c1C(=O)NN(C)C. The molecule has 0 aliphatic rings. The second-order valence-corrected chi connectivity index (χ2v) is 4.19. The van der Waals surface area contributed by atoms with Gasteiger partial charge < -0.3 is 0 Å². The lowest BCUT2D eigenvalue weighted by atomic mass is 9.98. The number of hydrogen-bond acceptors (Lipinski definition) is 2. The monoisotopic (exact) mass is 220 g/mol. The first-order chi connectivity index (χ1) is 7.56. The van der Waals surface area contributed by atoms with Crippen LogP contribution in [0.4, 0.5) is 0 Å². The summed E-state index contributed by atoms with van der Waals surface area (Å²) in [5.74, 6) is -0.0217. The molecule has 0 spiro atoms. The molecule has 0 fully saturated rings. The zero-order valence-corrected chi connectivity index (χ0v) is 10.5. The van der Waals surface area contributed by atoms with Crippen molar-refractivity contribution in [2.24, 2.45) is 0 Å². The van der Waals surface area contributed by atoms with Crippen LogP contribution in [-0.4, -0.2) is 25.0 Å². The van der Waals surface area contributed by atoms with Crippen molar-refractivity contribution >= 4 is 5.91 Å². The third-order valence-corrected chi connectivity index (χ3v) is 2.43. The Labute approximate surface area is 97.4 Å². The number of rotatable bonds is 4. The molecule has 88 valence electrons. The minimum atomic E-state index is -0.0217. The Kier molecular flexibility index (Phi) is 4.50. The van der Waals surface area contributed by atoms with E-state index in [1.807, 2.05) is 39.2 Å². The first kappa shape index (κ1) is 12.7. The van der Waals surface area contributed by atoms with Crippen LogP contribution in [0.5, 0.6) is 0 Å². The predicted molar refractivity (Wildman–Crippen MR) is 66.3 cm³/mol. The lowest BCUT2D eigenvalue weighted by molar-refractivity contribution is 0.0855. The number of nitrogens with one attached hydrogen (secondary N) is 1. The molecule has 3 heteroatoms. The molecule has 0 bridgehead atoms. The second kappa shape index (κ2) is 5.66. The summed E-state index contributed by atoms with van der Waals surface area (Å²) < 4.78 is 0. The van der Waals surface area contributed by atoms with Gasteiger partial charge in [-0.25, -0.2) is 5.01 Å². The van der Waals surface area contributed by atoms with Gasteiger partial charge in [-0.2, -0.15) is 0 Å². The summed E-state index contributed by atoms with van der Waals surface area (Å²) in [7, 11) is 3.63. The maximum Gasteiger partial charge on any atom is 0.266 e. The van der Waals surface area contributed by atoms with Crippen LogP contribution >= 0.6 is 0 Å². The summed E-state index contributed by atoms with van der Waals surface area (Å²) in [5, 5.41) is 1.67. The summed E-state index contributed by atoms with van der Waals surface area (Å²) in [6.07, 6.45) is 1.99. The highest BCUT2D eigenvalue weighted by Crippen LogP contribution is 2.15. The van der Waals surface area contributed by atoms with Gasteiger partial charge in [-0.3, -0.25) is 10.2 Å². The van der Waals surface area contributed by atoms with E-state index in [0.717, 1.165) is 29.5 Å². The van der Waals surface area contributed by atoms with Crippen molar-refractivity contribution in [1.82, 2.24) is 10.4 Å². The van der Waals surface area contributed by atoms with Gasteiger partial charge in [-0.05, 0) is 24.5 Å². The minimum absolute atomic E-state index is 0.0217. The van der Waals surface area contributed by atoms with E-state index >= 15 is 0 Å². The normalized spacial score (nSPS) is 10.6. The van der Waals surface area contributed by atoms with Gasteiger partial charge in [0, 0.05) is 19.7 Å². The van der Waals surface area contributed by atoms with Crippen molar-refractivity contribution in [1.29, 1.82) is 0 Å². The Bertz CT molecular complexity index is 372. The summed E-state index contributed by atoms with van der Waals surface area (Å²) in [6, 6.07) is 6.01. The molecule has 0 aliphatic heterocycles. The number of nitrogens with zero attached hydrogens (tertiary/aromatic N) is 1. The fourth-order valence-corrected chi connectivity index (χ4v) is 1.79. The molecule has 0 unspecified atom stereocenters. The number of hydrogen-bond donors (Lipinski definition) is 1. The van der Waals surface area contributed by atoms with Crippen molar-refractivity contribution in [3.8, 4) is 0 Å². The zero-order valence-electron chi connectivity index (χ0n) is 10.5. The van der Waals surface area contributed by atoms with Gasteiger partial charge in [-0.1, -0.05) is 31.5 Å². The van der Waals surface area contributed by atoms with E-state index in [-0.39, 0.29) is 5.91 Å². The van der Waals surface area contributed by atoms with Gasteiger partial charge >= 0.3 is 0 Å². The molecule has 0 saturated carbocycles. The first-order valence-corrected chi connectivity index (χ1v) is 5.63. The number of carbonyl (C=O) groups is 1. The predicted octanol–water partition coefficient (Wildman–Crippen LogP) is 2.15. The third-order valence-electron chi connectivity index (χ3n) is 2.43. The van der Waals surface area contributed by atoms with Gasteiger partial charge in [-0.15, -0.1) is 0 Å². The molecule has 0 saturated heterocycles. The molecule has 1 N–H and O–H groups in total. The lowest BCUT2D eigenvalue weighted by Crippen LogP contribution is -2.37. The highest BCUT2D eigenvalue weighted by Gasteiger charge is 2.13. The van der Waals surface area contributed by atoms with Crippen LogP contribution in [0, 0.1) is 6.92 Å². The topological polar surface area (TPSA) is 32.3 Å². The Hall–Kier alpha value is -1.35. The quantitative estimate of drug-likeness (QED) is 0.789. The van der Waals surface area contributed by atoms with E-state index in [1.54, 1.807) is 5.01 Å². The second-order valence-electron chi connectivity index (χ2n) is 4.19. The van der Waals surface area contributed by atoms with E-state index in [1.165, 1.54) is 0 Å².